The van der Waals surface area contributed by atoms with Crippen LogP contribution in [0.3, 0.4) is 0 Å². The third-order valence-electron chi connectivity index (χ3n) is 3.09. The van der Waals surface area contributed by atoms with Crippen molar-refractivity contribution in [3.8, 4) is 12.1 Å². The van der Waals surface area contributed by atoms with Crippen molar-refractivity contribution in [3.05, 3.63) is 58.2 Å². The van der Waals surface area contributed by atoms with Crippen LogP contribution in [0.2, 0.25) is 0 Å². The lowest BCUT2D eigenvalue weighted by molar-refractivity contribution is -0.114. The fraction of sp³-hybridized carbons (Fsp3) is 0.125. The van der Waals surface area contributed by atoms with E-state index in [4.69, 9.17) is 11.8 Å². The standard InChI is InChI=1S/C16H11N5O/c1-3-20-11-6-4-10(5-7-11)14-12(8-17)15(21-16(14)22)13(9-18)19-2/h4-7,20H,3H2,1H3,(H,21,22)/b15-13-. The maximum Gasteiger partial charge on any atom is 0.286 e. The van der Waals surface area contributed by atoms with E-state index in [-0.39, 0.29) is 22.5 Å². The van der Waals surface area contributed by atoms with Crippen LogP contribution in [-0.4, -0.2) is 12.5 Å². The number of anilines is 1. The molecule has 0 fully saturated rings. The molecule has 1 aliphatic heterocycles. The summed E-state index contributed by atoms with van der Waals surface area (Å²) in [4.78, 5) is 15.2. The molecule has 1 heterocycles. The van der Waals surface area contributed by atoms with E-state index in [0.29, 0.717) is 5.56 Å². The Kier molecular flexibility index (Phi) is 4.22. The highest BCUT2D eigenvalue weighted by atomic mass is 16.2. The summed E-state index contributed by atoms with van der Waals surface area (Å²) in [5.41, 5.74) is 1.34. The molecule has 2 N–H and O–H groups in total. The highest BCUT2D eigenvalue weighted by Crippen LogP contribution is 2.31. The van der Waals surface area contributed by atoms with Crippen LogP contribution in [0.25, 0.3) is 10.4 Å². The molecule has 0 saturated carbocycles. The molecule has 1 aliphatic rings. The Labute approximate surface area is 127 Å². The van der Waals surface area contributed by atoms with Crippen molar-refractivity contribution in [1.82, 2.24) is 5.32 Å². The van der Waals surface area contributed by atoms with Gasteiger partial charge >= 0.3 is 0 Å². The molecular formula is C16H11N5O. The zero-order valence-corrected chi connectivity index (χ0v) is 11.8. The lowest BCUT2D eigenvalue weighted by Crippen LogP contribution is -2.16. The summed E-state index contributed by atoms with van der Waals surface area (Å²) < 4.78 is 0. The number of rotatable bonds is 3. The molecule has 1 amide bonds. The first-order valence-electron chi connectivity index (χ1n) is 6.48. The van der Waals surface area contributed by atoms with Crippen LogP contribution in [0.15, 0.2) is 41.2 Å². The van der Waals surface area contributed by atoms with Crippen LogP contribution in [0.5, 0.6) is 0 Å². The van der Waals surface area contributed by atoms with E-state index in [1.165, 1.54) is 0 Å². The molecule has 0 aliphatic carbocycles. The Morgan fingerprint density at radius 2 is 2.05 bits per heavy atom. The number of nitrogens with one attached hydrogen (secondary N) is 2. The van der Waals surface area contributed by atoms with Crippen molar-refractivity contribution in [3.63, 3.8) is 0 Å². The molecule has 0 radical (unpaired) electrons. The maximum absolute atomic E-state index is 12.1. The van der Waals surface area contributed by atoms with Gasteiger partial charge in [0.15, 0.2) is 0 Å². The largest absolute Gasteiger partial charge is 0.385 e. The molecular weight excluding hydrogens is 278 g/mol. The molecule has 1 aromatic carbocycles. The van der Waals surface area contributed by atoms with Gasteiger partial charge in [0.1, 0.15) is 6.07 Å². The second-order valence-corrected chi connectivity index (χ2v) is 4.37. The molecule has 6 nitrogen and oxygen atoms in total. The monoisotopic (exact) mass is 289 g/mol. The van der Waals surface area contributed by atoms with Gasteiger partial charge in [-0.05, 0) is 24.6 Å². The van der Waals surface area contributed by atoms with E-state index in [0.717, 1.165) is 12.2 Å². The highest BCUT2D eigenvalue weighted by Gasteiger charge is 2.30. The Morgan fingerprint density at radius 1 is 1.36 bits per heavy atom. The molecule has 1 aromatic rings. The molecule has 0 saturated heterocycles. The first-order chi connectivity index (χ1) is 10.7. The van der Waals surface area contributed by atoms with Crippen molar-refractivity contribution >= 4 is 17.2 Å². The van der Waals surface area contributed by atoms with Gasteiger partial charge in [-0.1, -0.05) is 12.1 Å². The predicted octanol–water partition coefficient (Wildman–Crippen LogP) is 2.18. The van der Waals surface area contributed by atoms with Crippen LogP contribution >= 0.6 is 0 Å². The smallest absolute Gasteiger partial charge is 0.286 e. The first-order valence-corrected chi connectivity index (χ1v) is 6.48. The van der Waals surface area contributed by atoms with Crippen molar-refractivity contribution in [2.45, 2.75) is 6.92 Å². The zero-order chi connectivity index (χ0) is 16.1. The summed E-state index contributed by atoms with van der Waals surface area (Å²) in [7, 11) is 0. The quantitative estimate of drug-likeness (QED) is 0.659. The minimum atomic E-state index is -0.487. The van der Waals surface area contributed by atoms with Crippen molar-refractivity contribution < 1.29 is 4.79 Å². The summed E-state index contributed by atoms with van der Waals surface area (Å²) in [6.07, 6.45) is 0. The zero-order valence-electron chi connectivity index (χ0n) is 11.8. The summed E-state index contributed by atoms with van der Waals surface area (Å²) in [5.74, 6) is -0.487. The number of benzene rings is 1. The van der Waals surface area contributed by atoms with Crippen molar-refractivity contribution in [2.75, 3.05) is 11.9 Å². The normalized spacial score (nSPS) is 15.5. The van der Waals surface area contributed by atoms with Crippen molar-refractivity contribution in [2.24, 2.45) is 0 Å². The van der Waals surface area contributed by atoms with Gasteiger partial charge in [0.25, 0.3) is 11.6 Å². The molecule has 22 heavy (non-hydrogen) atoms. The average molecular weight is 289 g/mol. The van der Waals surface area contributed by atoms with Gasteiger partial charge in [0.05, 0.1) is 29.5 Å². The molecule has 0 atom stereocenters. The minimum absolute atomic E-state index is 0.0178. The van der Waals surface area contributed by atoms with Crippen LogP contribution in [0.1, 0.15) is 12.5 Å². The Balaban J connectivity index is 2.57. The summed E-state index contributed by atoms with van der Waals surface area (Å²) in [6, 6.07) is 10.6. The molecule has 0 bridgehead atoms. The van der Waals surface area contributed by atoms with Gasteiger partial charge in [-0.25, -0.2) is 10.1 Å². The lowest BCUT2D eigenvalue weighted by atomic mass is 10.0. The Hall–Kier alpha value is -3.56. The predicted molar refractivity (Wildman–Crippen MR) is 80.5 cm³/mol. The van der Waals surface area contributed by atoms with Crippen LogP contribution in [-0.2, 0) is 4.79 Å². The van der Waals surface area contributed by atoms with E-state index in [2.05, 4.69) is 15.5 Å². The number of hydrogen-bond donors (Lipinski definition) is 2. The molecule has 6 heteroatoms. The molecule has 0 unspecified atom stereocenters. The number of allylic oxidation sites excluding steroid dienone is 2. The summed E-state index contributed by atoms with van der Waals surface area (Å²) in [5, 5.41) is 23.8. The first kappa shape index (κ1) is 14.8. The van der Waals surface area contributed by atoms with Gasteiger partial charge in [0, 0.05) is 12.2 Å². The summed E-state index contributed by atoms with van der Waals surface area (Å²) in [6.45, 7) is 9.70. The maximum atomic E-state index is 12.1. The number of hydrogen-bond acceptors (Lipinski definition) is 4. The highest BCUT2D eigenvalue weighted by molar-refractivity contribution is 6.25. The summed E-state index contributed by atoms with van der Waals surface area (Å²) >= 11 is 0. The SMILES string of the molecule is [C-]#[N+]/C(C#N)=C1\NC(=O)C(c2ccc(NCC)cc2)=C1C#N. The average Bonchev–Trinajstić information content (AvgIpc) is 2.86. The van der Waals surface area contributed by atoms with E-state index in [9.17, 15) is 10.1 Å². The van der Waals surface area contributed by atoms with Gasteiger partial charge in [-0.3, -0.25) is 4.79 Å². The van der Waals surface area contributed by atoms with E-state index < -0.39 is 5.91 Å². The second-order valence-electron chi connectivity index (χ2n) is 4.37. The van der Waals surface area contributed by atoms with Crippen molar-refractivity contribution in [1.29, 1.82) is 10.5 Å². The molecule has 0 spiro atoms. The van der Waals surface area contributed by atoms with Crippen LogP contribution in [0, 0.1) is 29.2 Å². The van der Waals surface area contributed by atoms with Crippen LogP contribution < -0.4 is 10.6 Å². The number of nitrogens with zero attached hydrogens (tertiary/aromatic N) is 3. The third kappa shape index (κ3) is 2.52. The molecule has 2 rings (SSSR count). The van der Waals surface area contributed by atoms with E-state index >= 15 is 0 Å². The Morgan fingerprint density at radius 3 is 2.55 bits per heavy atom. The van der Waals surface area contributed by atoms with Gasteiger partial charge in [-0.15, -0.1) is 0 Å². The van der Waals surface area contributed by atoms with Gasteiger partial charge in [0.2, 0.25) is 0 Å². The molecule has 0 aromatic heterocycles. The number of nitriles is 2. The van der Waals surface area contributed by atoms with E-state index in [1.54, 1.807) is 30.3 Å². The lowest BCUT2D eigenvalue weighted by Gasteiger charge is -2.05. The number of amides is 1. The Bertz CT molecular complexity index is 794. The van der Waals surface area contributed by atoms with E-state index in [1.807, 2.05) is 13.0 Å². The van der Waals surface area contributed by atoms with Gasteiger partial charge in [-0.2, -0.15) is 5.26 Å². The number of carbonyl (C=O) groups excluding carboxylic acids is 1. The molecule has 106 valence electrons. The fourth-order valence-electron chi connectivity index (χ4n) is 2.14. The second kappa shape index (κ2) is 6.26. The fourth-order valence-corrected chi connectivity index (χ4v) is 2.14. The third-order valence-corrected chi connectivity index (χ3v) is 3.09. The van der Waals surface area contributed by atoms with Crippen LogP contribution in [0.4, 0.5) is 5.69 Å². The van der Waals surface area contributed by atoms with Gasteiger partial charge < -0.3 is 10.6 Å². The topological polar surface area (TPSA) is 93.1 Å². The number of carbonyl (C=O) groups is 1. The minimum Gasteiger partial charge on any atom is -0.385 e.